The van der Waals surface area contributed by atoms with Crippen molar-refractivity contribution in [1.82, 2.24) is 5.32 Å². The van der Waals surface area contributed by atoms with Crippen LogP contribution < -0.4 is 15.0 Å². The number of benzene rings is 1. The maximum atomic E-state index is 14.0. The van der Waals surface area contributed by atoms with E-state index < -0.39 is 0 Å². The van der Waals surface area contributed by atoms with Crippen molar-refractivity contribution in [2.45, 2.75) is 19.8 Å². The molecule has 0 amide bonds. The Bertz CT molecular complexity index is 378. The lowest BCUT2D eigenvalue weighted by Crippen LogP contribution is -2.43. The topological polar surface area (TPSA) is 24.5 Å². The fourth-order valence-electron chi connectivity index (χ4n) is 2.07. The first kappa shape index (κ1) is 13.1. The van der Waals surface area contributed by atoms with Gasteiger partial charge in [0.1, 0.15) is 11.6 Å². The molecule has 1 saturated heterocycles. The van der Waals surface area contributed by atoms with Crippen LogP contribution in [0.4, 0.5) is 10.1 Å². The number of anilines is 1. The van der Waals surface area contributed by atoms with E-state index in [9.17, 15) is 4.39 Å². The maximum Gasteiger partial charge on any atom is 0.150 e. The van der Waals surface area contributed by atoms with Crippen LogP contribution in [0.5, 0.6) is 5.75 Å². The highest BCUT2D eigenvalue weighted by Crippen LogP contribution is 2.24. The van der Waals surface area contributed by atoms with Crippen LogP contribution in [-0.4, -0.2) is 32.8 Å². The van der Waals surface area contributed by atoms with E-state index >= 15 is 0 Å². The summed E-state index contributed by atoms with van der Waals surface area (Å²) in [6, 6.07) is 5.17. The van der Waals surface area contributed by atoms with Crippen LogP contribution in [0, 0.1) is 5.82 Å². The van der Waals surface area contributed by atoms with Crippen molar-refractivity contribution in [2.75, 3.05) is 37.7 Å². The molecule has 2 rings (SSSR count). The predicted octanol–water partition coefficient (Wildman–Crippen LogP) is 2.41. The van der Waals surface area contributed by atoms with Gasteiger partial charge >= 0.3 is 0 Å². The molecule has 0 spiro atoms. The fraction of sp³-hybridized carbons (Fsp3) is 0.571. The van der Waals surface area contributed by atoms with Gasteiger partial charge in [-0.2, -0.15) is 0 Å². The normalized spacial score (nSPS) is 15.8. The second-order valence-corrected chi connectivity index (χ2v) is 4.55. The van der Waals surface area contributed by atoms with Gasteiger partial charge in [-0.25, -0.2) is 4.39 Å². The predicted molar refractivity (Wildman–Crippen MR) is 71.9 cm³/mol. The van der Waals surface area contributed by atoms with Crippen LogP contribution in [0.15, 0.2) is 18.2 Å². The summed E-state index contributed by atoms with van der Waals surface area (Å²) in [6.07, 6.45) is 2.09. The smallest absolute Gasteiger partial charge is 0.150 e. The summed E-state index contributed by atoms with van der Waals surface area (Å²) >= 11 is 0. The lowest BCUT2D eigenvalue weighted by Gasteiger charge is -2.29. The van der Waals surface area contributed by atoms with Crippen molar-refractivity contribution in [3.8, 4) is 5.75 Å². The summed E-state index contributed by atoms with van der Waals surface area (Å²) in [5.74, 6) is 0.436. The van der Waals surface area contributed by atoms with Crippen molar-refractivity contribution in [1.29, 1.82) is 0 Å². The van der Waals surface area contributed by atoms with E-state index in [0.29, 0.717) is 18.0 Å². The summed E-state index contributed by atoms with van der Waals surface area (Å²) in [7, 11) is 0. The summed E-state index contributed by atoms with van der Waals surface area (Å²) in [5.41, 5.74) is 0.680. The molecule has 1 heterocycles. The second kappa shape index (κ2) is 6.59. The maximum absolute atomic E-state index is 14.0. The molecule has 0 aromatic heterocycles. The lowest BCUT2D eigenvalue weighted by atomic mass is 10.2. The average Bonchev–Trinajstić information content (AvgIpc) is 2.40. The molecule has 100 valence electrons. The molecular weight excluding hydrogens is 231 g/mol. The third-order valence-corrected chi connectivity index (χ3v) is 3.14. The Hall–Kier alpha value is -1.29. The minimum Gasteiger partial charge on any atom is -0.493 e. The van der Waals surface area contributed by atoms with E-state index in [4.69, 9.17) is 4.74 Å². The molecule has 0 aliphatic carbocycles. The SMILES string of the molecule is CCCCOc1ccc(N2CCNCC2)c(F)c1. The summed E-state index contributed by atoms with van der Waals surface area (Å²) < 4.78 is 19.5. The molecule has 18 heavy (non-hydrogen) atoms. The van der Waals surface area contributed by atoms with Gasteiger partial charge < -0.3 is 15.0 Å². The van der Waals surface area contributed by atoms with Gasteiger partial charge in [-0.3, -0.25) is 0 Å². The summed E-state index contributed by atoms with van der Waals surface area (Å²) in [4.78, 5) is 2.07. The number of unbranched alkanes of at least 4 members (excludes halogenated alkanes) is 1. The summed E-state index contributed by atoms with van der Waals surface area (Å²) in [6.45, 7) is 6.29. The van der Waals surface area contributed by atoms with Gasteiger partial charge in [0.05, 0.1) is 12.3 Å². The molecule has 1 aliphatic rings. The Morgan fingerprint density at radius 1 is 1.33 bits per heavy atom. The highest BCUT2D eigenvalue weighted by molar-refractivity contribution is 5.51. The third-order valence-electron chi connectivity index (χ3n) is 3.14. The fourth-order valence-corrected chi connectivity index (χ4v) is 2.07. The van der Waals surface area contributed by atoms with Gasteiger partial charge in [0.25, 0.3) is 0 Å². The number of piperazine rings is 1. The van der Waals surface area contributed by atoms with Gasteiger partial charge in [0.15, 0.2) is 0 Å². The Balaban J connectivity index is 2.00. The van der Waals surface area contributed by atoms with E-state index in [1.807, 2.05) is 12.1 Å². The number of ether oxygens (including phenoxy) is 1. The Kier molecular flexibility index (Phi) is 4.81. The molecule has 0 radical (unpaired) electrons. The van der Waals surface area contributed by atoms with Crippen LogP contribution in [0.25, 0.3) is 0 Å². The Morgan fingerprint density at radius 3 is 2.78 bits per heavy atom. The standard InChI is InChI=1S/C14H21FN2O/c1-2-3-10-18-12-4-5-14(13(15)11-12)17-8-6-16-7-9-17/h4-5,11,16H,2-3,6-10H2,1H3. The van der Waals surface area contributed by atoms with Gasteiger partial charge in [0, 0.05) is 32.2 Å². The lowest BCUT2D eigenvalue weighted by molar-refractivity contribution is 0.308. The van der Waals surface area contributed by atoms with Crippen molar-refractivity contribution in [3.63, 3.8) is 0 Å². The number of rotatable bonds is 5. The first-order valence-electron chi connectivity index (χ1n) is 6.69. The molecule has 1 aromatic rings. The molecule has 0 unspecified atom stereocenters. The van der Waals surface area contributed by atoms with E-state index in [-0.39, 0.29) is 5.82 Å². The van der Waals surface area contributed by atoms with Crippen LogP contribution in [0.2, 0.25) is 0 Å². The van der Waals surface area contributed by atoms with Crippen LogP contribution >= 0.6 is 0 Å². The monoisotopic (exact) mass is 252 g/mol. The highest BCUT2D eigenvalue weighted by atomic mass is 19.1. The molecule has 3 nitrogen and oxygen atoms in total. The minimum absolute atomic E-state index is 0.189. The summed E-state index contributed by atoms with van der Waals surface area (Å²) in [5, 5.41) is 3.26. The second-order valence-electron chi connectivity index (χ2n) is 4.55. The number of nitrogens with one attached hydrogen (secondary N) is 1. The van der Waals surface area contributed by atoms with Crippen LogP contribution in [-0.2, 0) is 0 Å². The van der Waals surface area contributed by atoms with Crippen molar-refractivity contribution >= 4 is 5.69 Å². The van der Waals surface area contributed by atoms with Gasteiger partial charge in [0.2, 0.25) is 0 Å². The number of halogens is 1. The highest BCUT2D eigenvalue weighted by Gasteiger charge is 2.14. The minimum atomic E-state index is -0.189. The van der Waals surface area contributed by atoms with E-state index in [0.717, 1.165) is 39.0 Å². The van der Waals surface area contributed by atoms with Gasteiger partial charge in [-0.15, -0.1) is 0 Å². The zero-order chi connectivity index (χ0) is 12.8. The van der Waals surface area contributed by atoms with Gasteiger partial charge in [-0.1, -0.05) is 13.3 Å². The number of hydrogen-bond donors (Lipinski definition) is 1. The third kappa shape index (κ3) is 3.35. The molecule has 1 N–H and O–H groups in total. The molecule has 0 atom stereocenters. The first-order valence-corrected chi connectivity index (χ1v) is 6.69. The molecule has 1 aliphatic heterocycles. The molecular formula is C14H21FN2O. The number of nitrogens with zero attached hydrogens (tertiary/aromatic N) is 1. The molecule has 1 fully saturated rings. The average molecular weight is 252 g/mol. The molecule has 1 aromatic carbocycles. The molecule has 0 saturated carbocycles. The van der Waals surface area contributed by atoms with E-state index in [1.54, 1.807) is 0 Å². The van der Waals surface area contributed by atoms with Crippen LogP contribution in [0.3, 0.4) is 0 Å². The van der Waals surface area contributed by atoms with Crippen LogP contribution in [0.1, 0.15) is 19.8 Å². The van der Waals surface area contributed by atoms with Crippen molar-refractivity contribution in [3.05, 3.63) is 24.0 Å². The van der Waals surface area contributed by atoms with Crippen molar-refractivity contribution < 1.29 is 9.13 Å². The quantitative estimate of drug-likeness (QED) is 0.814. The molecule has 0 bridgehead atoms. The Morgan fingerprint density at radius 2 is 2.11 bits per heavy atom. The molecule has 4 heteroatoms. The van der Waals surface area contributed by atoms with E-state index in [2.05, 4.69) is 17.1 Å². The van der Waals surface area contributed by atoms with Crippen molar-refractivity contribution in [2.24, 2.45) is 0 Å². The zero-order valence-electron chi connectivity index (χ0n) is 10.9. The van der Waals surface area contributed by atoms with Gasteiger partial charge in [-0.05, 0) is 18.6 Å². The number of hydrogen-bond acceptors (Lipinski definition) is 3. The van der Waals surface area contributed by atoms with E-state index in [1.165, 1.54) is 6.07 Å². The Labute approximate surface area is 108 Å². The first-order chi connectivity index (χ1) is 8.81. The zero-order valence-corrected chi connectivity index (χ0v) is 10.9. The largest absolute Gasteiger partial charge is 0.493 e.